The number of benzene rings is 1. The zero-order chi connectivity index (χ0) is 11.4. The minimum absolute atomic E-state index is 0.347. The van der Waals surface area contributed by atoms with Crippen molar-refractivity contribution in [3.8, 4) is 0 Å². The van der Waals surface area contributed by atoms with Crippen LogP contribution in [-0.2, 0) is 9.53 Å². The van der Waals surface area contributed by atoms with Crippen molar-refractivity contribution in [1.29, 1.82) is 0 Å². The minimum Gasteiger partial charge on any atom is -0.463 e. The van der Waals surface area contributed by atoms with E-state index in [0.29, 0.717) is 6.61 Å². The van der Waals surface area contributed by atoms with Gasteiger partial charge in [-0.1, -0.05) is 12.1 Å². The van der Waals surface area contributed by atoms with Crippen LogP contribution >= 0.6 is 0 Å². The number of carbonyl (C=O) groups is 1. The molecule has 0 aliphatic rings. The van der Waals surface area contributed by atoms with Crippen LogP contribution in [0.3, 0.4) is 0 Å². The SMILES string of the molecule is CCOC(=O)C=Cn1cnc2ccccc21. The number of carbonyl (C=O) groups excluding carboxylic acids is 1. The summed E-state index contributed by atoms with van der Waals surface area (Å²) in [6, 6.07) is 7.72. The topological polar surface area (TPSA) is 44.1 Å². The first kappa shape index (κ1) is 10.4. The molecule has 0 fully saturated rings. The third kappa shape index (κ3) is 2.11. The summed E-state index contributed by atoms with van der Waals surface area (Å²) in [4.78, 5) is 15.3. The molecule has 0 aliphatic heterocycles. The van der Waals surface area contributed by atoms with Gasteiger partial charge in [0.2, 0.25) is 0 Å². The fraction of sp³-hybridized carbons (Fsp3) is 0.167. The Morgan fingerprint density at radius 2 is 2.31 bits per heavy atom. The average Bonchev–Trinajstić information content (AvgIpc) is 2.70. The molecule has 0 radical (unpaired) electrons. The summed E-state index contributed by atoms with van der Waals surface area (Å²) >= 11 is 0. The van der Waals surface area contributed by atoms with Crippen LogP contribution in [0.5, 0.6) is 0 Å². The van der Waals surface area contributed by atoms with Crippen molar-refractivity contribution in [3.05, 3.63) is 36.7 Å². The van der Waals surface area contributed by atoms with Crippen LogP contribution < -0.4 is 0 Å². The molecule has 0 saturated heterocycles. The van der Waals surface area contributed by atoms with Gasteiger partial charge in [0, 0.05) is 12.3 Å². The second-order valence-corrected chi connectivity index (χ2v) is 3.21. The monoisotopic (exact) mass is 216 g/mol. The van der Waals surface area contributed by atoms with Crippen molar-refractivity contribution >= 4 is 23.2 Å². The number of hydrogen-bond acceptors (Lipinski definition) is 3. The van der Waals surface area contributed by atoms with Gasteiger partial charge in [0.1, 0.15) is 0 Å². The molecule has 2 rings (SSSR count). The number of para-hydroxylation sites is 2. The van der Waals surface area contributed by atoms with Gasteiger partial charge in [0.05, 0.1) is 24.0 Å². The van der Waals surface area contributed by atoms with E-state index in [1.165, 1.54) is 6.08 Å². The average molecular weight is 216 g/mol. The summed E-state index contributed by atoms with van der Waals surface area (Å²) in [5.74, 6) is -0.347. The fourth-order valence-corrected chi connectivity index (χ4v) is 1.43. The normalized spacial score (nSPS) is 11.1. The highest BCUT2D eigenvalue weighted by molar-refractivity contribution is 5.86. The quantitative estimate of drug-likeness (QED) is 0.582. The van der Waals surface area contributed by atoms with Crippen molar-refractivity contribution in [3.63, 3.8) is 0 Å². The maximum absolute atomic E-state index is 11.1. The Morgan fingerprint density at radius 3 is 3.12 bits per heavy atom. The number of nitrogens with zero attached hydrogens (tertiary/aromatic N) is 2. The van der Waals surface area contributed by atoms with E-state index in [2.05, 4.69) is 4.98 Å². The van der Waals surface area contributed by atoms with E-state index in [1.54, 1.807) is 24.0 Å². The first-order chi connectivity index (χ1) is 7.81. The van der Waals surface area contributed by atoms with Gasteiger partial charge in [0.15, 0.2) is 0 Å². The van der Waals surface area contributed by atoms with Gasteiger partial charge in [0.25, 0.3) is 0 Å². The van der Waals surface area contributed by atoms with Crippen LogP contribution in [0, 0.1) is 0 Å². The largest absolute Gasteiger partial charge is 0.463 e. The molecule has 1 aromatic heterocycles. The molecule has 16 heavy (non-hydrogen) atoms. The van der Waals surface area contributed by atoms with Crippen LogP contribution in [0.2, 0.25) is 0 Å². The van der Waals surface area contributed by atoms with Gasteiger partial charge in [-0.05, 0) is 19.1 Å². The Morgan fingerprint density at radius 1 is 1.50 bits per heavy atom. The molecule has 1 heterocycles. The second-order valence-electron chi connectivity index (χ2n) is 3.21. The number of ether oxygens (including phenoxy) is 1. The van der Waals surface area contributed by atoms with Crippen molar-refractivity contribution < 1.29 is 9.53 Å². The van der Waals surface area contributed by atoms with Crippen LogP contribution in [0.1, 0.15) is 6.92 Å². The molecule has 0 unspecified atom stereocenters. The number of rotatable bonds is 3. The summed E-state index contributed by atoms with van der Waals surface area (Å²) in [5, 5.41) is 0. The molecular weight excluding hydrogens is 204 g/mol. The Balaban J connectivity index is 2.24. The Kier molecular flexibility index (Phi) is 3.00. The van der Waals surface area contributed by atoms with Gasteiger partial charge in [-0.3, -0.25) is 0 Å². The zero-order valence-electron chi connectivity index (χ0n) is 8.96. The van der Waals surface area contributed by atoms with E-state index in [-0.39, 0.29) is 5.97 Å². The molecule has 0 spiro atoms. The third-order valence-corrected chi connectivity index (χ3v) is 2.14. The van der Waals surface area contributed by atoms with E-state index >= 15 is 0 Å². The summed E-state index contributed by atoms with van der Waals surface area (Å²) < 4.78 is 6.58. The lowest BCUT2D eigenvalue weighted by molar-refractivity contribution is -0.137. The van der Waals surface area contributed by atoms with Gasteiger partial charge in [-0.25, -0.2) is 9.78 Å². The molecule has 0 bridgehead atoms. The predicted molar refractivity (Wildman–Crippen MR) is 61.7 cm³/mol. The lowest BCUT2D eigenvalue weighted by Gasteiger charge is -1.96. The van der Waals surface area contributed by atoms with Crippen molar-refractivity contribution in [2.24, 2.45) is 0 Å². The highest BCUT2D eigenvalue weighted by atomic mass is 16.5. The first-order valence-electron chi connectivity index (χ1n) is 5.08. The Labute approximate surface area is 93.2 Å². The zero-order valence-corrected chi connectivity index (χ0v) is 8.96. The van der Waals surface area contributed by atoms with E-state index in [9.17, 15) is 4.79 Å². The number of imidazole rings is 1. The number of fused-ring (bicyclic) bond motifs is 1. The van der Waals surface area contributed by atoms with E-state index in [4.69, 9.17) is 4.74 Å². The lowest BCUT2D eigenvalue weighted by atomic mass is 10.3. The molecule has 0 saturated carbocycles. The number of esters is 1. The maximum Gasteiger partial charge on any atom is 0.332 e. The predicted octanol–water partition coefficient (Wildman–Crippen LogP) is 2.07. The molecule has 4 nitrogen and oxygen atoms in total. The summed E-state index contributed by atoms with van der Waals surface area (Å²) in [7, 11) is 0. The van der Waals surface area contributed by atoms with Gasteiger partial charge in [-0.15, -0.1) is 0 Å². The maximum atomic E-state index is 11.1. The van der Waals surface area contributed by atoms with Crippen LogP contribution in [-0.4, -0.2) is 22.1 Å². The van der Waals surface area contributed by atoms with E-state index in [1.807, 2.05) is 24.3 Å². The van der Waals surface area contributed by atoms with Crippen molar-refractivity contribution in [1.82, 2.24) is 9.55 Å². The molecule has 0 atom stereocenters. The first-order valence-corrected chi connectivity index (χ1v) is 5.08. The third-order valence-electron chi connectivity index (χ3n) is 2.14. The van der Waals surface area contributed by atoms with Gasteiger partial charge in [-0.2, -0.15) is 0 Å². The second kappa shape index (κ2) is 4.61. The Hall–Kier alpha value is -2.10. The molecule has 0 N–H and O–H groups in total. The van der Waals surface area contributed by atoms with Crippen LogP contribution in [0.15, 0.2) is 36.7 Å². The van der Waals surface area contributed by atoms with Gasteiger partial charge < -0.3 is 9.30 Å². The smallest absolute Gasteiger partial charge is 0.332 e. The van der Waals surface area contributed by atoms with Crippen molar-refractivity contribution in [2.45, 2.75) is 6.92 Å². The minimum atomic E-state index is -0.347. The molecule has 4 heteroatoms. The molecular formula is C12H12N2O2. The highest BCUT2D eigenvalue weighted by Gasteiger charge is 1.99. The fourth-order valence-electron chi connectivity index (χ4n) is 1.43. The number of aromatic nitrogens is 2. The summed E-state index contributed by atoms with van der Waals surface area (Å²) in [6.45, 7) is 2.16. The van der Waals surface area contributed by atoms with Gasteiger partial charge >= 0.3 is 5.97 Å². The summed E-state index contributed by atoms with van der Waals surface area (Å²) in [5.41, 5.74) is 1.86. The highest BCUT2D eigenvalue weighted by Crippen LogP contribution is 2.11. The lowest BCUT2D eigenvalue weighted by Crippen LogP contribution is -1.99. The van der Waals surface area contributed by atoms with E-state index in [0.717, 1.165) is 11.0 Å². The molecule has 82 valence electrons. The summed E-state index contributed by atoms with van der Waals surface area (Å²) in [6.07, 6.45) is 4.70. The van der Waals surface area contributed by atoms with E-state index < -0.39 is 0 Å². The Bertz CT molecular complexity index is 529. The van der Waals surface area contributed by atoms with Crippen LogP contribution in [0.4, 0.5) is 0 Å². The standard InChI is InChI=1S/C12H12N2O2/c1-2-16-12(15)7-8-14-9-13-10-5-3-4-6-11(10)14/h3-9H,2H2,1H3. The molecule has 0 aliphatic carbocycles. The molecule has 2 aromatic rings. The van der Waals surface area contributed by atoms with Crippen LogP contribution in [0.25, 0.3) is 17.2 Å². The molecule has 1 aromatic carbocycles. The number of hydrogen-bond donors (Lipinski definition) is 0. The molecule has 0 amide bonds. The van der Waals surface area contributed by atoms with Crippen molar-refractivity contribution in [2.75, 3.05) is 6.61 Å².